The molecule has 0 bridgehead atoms. The Morgan fingerprint density at radius 1 is 1.57 bits per heavy atom. The van der Waals surface area contributed by atoms with E-state index in [9.17, 15) is 4.39 Å². The average molecular weight is 234 g/mol. The molecule has 1 aliphatic heterocycles. The lowest BCUT2D eigenvalue weighted by molar-refractivity contribution is 0.198. The van der Waals surface area contributed by atoms with Crippen LogP contribution in [0.15, 0.2) is 12.1 Å². The molecule has 4 heteroatoms. The van der Waals surface area contributed by atoms with E-state index in [0.29, 0.717) is 4.34 Å². The maximum Gasteiger partial charge on any atom is 0.138 e. The van der Waals surface area contributed by atoms with E-state index in [0.717, 1.165) is 30.8 Å². The molecular formula is C10H13ClFNS. The van der Waals surface area contributed by atoms with Crippen LogP contribution in [0.1, 0.15) is 23.9 Å². The first kappa shape index (κ1) is 10.4. The normalized spacial score (nSPS) is 24.9. The predicted octanol–water partition coefficient (Wildman–Crippen LogP) is 3.41. The molecule has 2 atom stereocenters. The van der Waals surface area contributed by atoms with E-state index < -0.39 is 6.17 Å². The smallest absolute Gasteiger partial charge is 0.138 e. The molecule has 1 nitrogen and oxygen atoms in total. The number of hydrogen-bond donors (Lipinski definition) is 1. The van der Waals surface area contributed by atoms with Crippen LogP contribution in [0.25, 0.3) is 0 Å². The van der Waals surface area contributed by atoms with Gasteiger partial charge in [-0.15, -0.1) is 11.3 Å². The number of thiophene rings is 1. The van der Waals surface area contributed by atoms with E-state index in [-0.39, 0.29) is 5.92 Å². The molecule has 0 aromatic carbocycles. The molecule has 2 rings (SSSR count). The van der Waals surface area contributed by atoms with E-state index in [4.69, 9.17) is 11.6 Å². The fraction of sp³-hybridized carbons (Fsp3) is 0.600. The summed E-state index contributed by atoms with van der Waals surface area (Å²) >= 11 is 7.13. The quantitative estimate of drug-likeness (QED) is 0.826. The first-order valence-electron chi connectivity index (χ1n) is 4.87. The molecule has 78 valence electrons. The minimum Gasteiger partial charge on any atom is -0.316 e. The Morgan fingerprint density at radius 2 is 2.43 bits per heavy atom. The van der Waals surface area contributed by atoms with Crippen LogP contribution in [0.3, 0.4) is 0 Å². The molecule has 1 aliphatic rings. The van der Waals surface area contributed by atoms with Crippen molar-refractivity contribution >= 4 is 22.9 Å². The molecule has 0 aliphatic carbocycles. The third-order valence-corrected chi connectivity index (χ3v) is 3.90. The van der Waals surface area contributed by atoms with Crippen molar-refractivity contribution < 1.29 is 4.39 Å². The number of nitrogens with one attached hydrogen (secondary N) is 1. The molecule has 1 fully saturated rings. The summed E-state index contributed by atoms with van der Waals surface area (Å²) in [5.41, 5.74) is 0. The van der Waals surface area contributed by atoms with Crippen LogP contribution in [0.4, 0.5) is 4.39 Å². The molecule has 1 N–H and O–H groups in total. The summed E-state index contributed by atoms with van der Waals surface area (Å²) in [6.07, 6.45) is 1.20. The summed E-state index contributed by atoms with van der Waals surface area (Å²) in [7, 11) is 0. The summed E-state index contributed by atoms with van der Waals surface area (Å²) in [5, 5.41) is 3.22. The largest absolute Gasteiger partial charge is 0.316 e. The highest BCUT2D eigenvalue weighted by Gasteiger charge is 2.25. The van der Waals surface area contributed by atoms with E-state index in [2.05, 4.69) is 5.32 Å². The third kappa shape index (κ3) is 2.27. The molecule has 0 radical (unpaired) electrons. The van der Waals surface area contributed by atoms with Crippen LogP contribution in [0.2, 0.25) is 4.34 Å². The van der Waals surface area contributed by atoms with Gasteiger partial charge in [0.05, 0.1) is 4.34 Å². The minimum absolute atomic E-state index is 0.124. The van der Waals surface area contributed by atoms with E-state index in [1.807, 2.05) is 0 Å². The lowest BCUT2D eigenvalue weighted by Crippen LogP contribution is -2.31. The van der Waals surface area contributed by atoms with Crippen LogP contribution in [-0.4, -0.2) is 13.1 Å². The summed E-state index contributed by atoms with van der Waals surface area (Å²) in [5.74, 6) is 0.124. The van der Waals surface area contributed by atoms with Crippen molar-refractivity contribution in [2.75, 3.05) is 13.1 Å². The monoisotopic (exact) mass is 233 g/mol. The van der Waals surface area contributed by atoms with E-state index in [1.165, 1.54) is 11.3 Å². The molecule has 14 heavy (non-hydrogen) atoms. The maximum atomic E-state index is 13.9. The standard InChI is InChI=1S/C10H13ClFNS/c11-9-4-3-8(14-9)10(12)7-2-1-5-13-6-7/h3-4,7,10,13H,1-2,5-6H2. The Bertz CT molecular complexity index is 296. The lowest BCUT2D eigenvalue weighted by atomic mass is 9.94. The first-order chi connectivity index (χ1) is 6.77. The SMILES string of the molecule is FC(c1ccc(Cl)s1)C1CCCNC1. The third-order valence-electron chi connectivity index (χ3n) is 2.61. The summed E-state index contributed by atoms with van der Waals surface area (Å²) < 4.78 is 14.6. The van der Waals surface area contributed by atoms with Crippen molar-refractivity contribution in [3.05, 3.63) is 21.3 Å². The van der Waals surface area contributed by atoms with Crippen molar-refractivity contribution in [1.82, 2.24) is 5.32 Å². The Hall–Kier alpha value is -0.120. The van der Waals surface area contributed by atoms with Gasteiger partial charge in [-0.05, 0) is 31.5 Å². The molecule has 0 spiro atoms. The highest BCUT2D eigenvalue weighted by atomic mass is 35.5. The van der Waals surface area contributed by atoms with Gasteiger partial charge in [0.25, 0.3) is 0 Å². The van der Waals surface area contributed by atoms with E-state index >= 15 is 0 Å². The second kappa shape index (κ2) is 4.60. The molecule has 1 saturated heterocycles. The van der Waals surface area contributed by atoms with Crippen LogP contribution in [-0.2, 0) is 0 Å². The van der Waals surface area contributed by atoms with Crippen molar-refractivity contribution in [3.8, 4) is 0 Å². The highest BCUT2D eigenvalue weighted by Crippen LogP contribution is 2.36. The first-order valence-corrected chi connectivity index (χ1v) is 6.07. The maximum absolute atomic E-state index is 13.9. The molecule has 0 saturated carbocycles. The summed E-state index contributed by atoms with van der Waals surface area (Å²) in [6, 6.07) is 3.57. The van der Waals surface area contributed by atoms with Crippen molar-refractivity contribution in [1.29, 1.82) is 0 Å². The zero-order valence-corrected chi connectivity index (χ0v) is 9.37. The van der Waals surface area contributed by atoms with Gasteiger partial charge >= 0.3 is 0 Å². The minimum atomic E-state index is -0.847. The van der Waals surface area contributed by atoms with Crippen molar-refractivity contribution in [2.45, 2.75) is 19.0 Å². The van der Waals surface area contributed by atoms with Crippen LogP contribution >= 0.6 is 22.9 Å². The number of halogens is 2. The van der Waals surface area contributed by atoms with Crippen LogP contribution < -0.4 is 5.32 Å². The van der Waals surface area contributed by atoms with Gasteiger partial charge in [0.15, 0.2) is 0 Å². The summed E-state index contributed by atoms with van der Waals surface area (Å²) in [6.45, 7) is 1.81. The number of piperidine rings is 1. The van der Waals surface area contributed by atoms with Gasteiger partial charge in [-0.3, -0.25) is 0 Å². The average Bonchev–Trinajstić information content (AvgIpc) is 2.65. The van der Waals surface area contributed by atoms with Gasteiger partial charge < -0.3 is 5.32 Å². The Morgan fingerprint density at radius 3 is 3.00 bits per heavy atom. The van der Waals surface area contributed by atoms with E-state index in [1.54, 1.807) is 12.1 Å². The fourth-order valence-electron chi connectivity index (χ4n) is 1.84. The molecule has 2 unspecified atom stereocenters. The molecule has 2 heterocycles. The Labute approximate surface area is 92.3 Å². The second-order valence-corrected chi connectivity index (χ2v) is 5.40. The second-order valence-electron chi connectivity index (χ2n) is 3.65. The lowest BCUT2D eigenvalue weighted by Gasteiger charge is -2.25. The number of hydrogen-bond acceptors (Lipinski definition) is 2. The van der Waals surface area contributed by atoms with Crippen molar-refractivity contribution in [3.63, 3.8) is 0 Å². The van der Waals surface area contributed by atoms with Gasteiger partial charge in [-0.2, -0.15) is 0 Å². The Kier molecular flexibility index (Phi) is 3.42. The van der Waals surface area contributed by atoms with Gasteiger partial charge in [-0.1, -0.05) is 11.6 Å². The predicted molar refractivity (Wildman–Crippen MR) is 58.8 cm³/mol. The molecule has 1 aromatic heterocycles. The summed E-state index contributed by atoms with van der Waals surface area (Å²) in [4.78, 5) is 0.767. The Balaban J connectivity index is 2.03. The zero-order chi connectivity index (χ0) is 9.97. The van der Waals surface area contributed by atoms with Gasteiger partial charge in [0, 0.05) is 17.3 Å². The topological polar surface area (TPSA) is 12.0 Å². The van der Waals surface area contributed by atoms with Crippen LogP contribution in [0.5, 0.6) is 0 Å². The molecular weight excluding hydrogens is 221 g/mol. The fourth-order valence-corrected chi connectivity index (χ4v) is 2.97. The number of rotatable bonds is 2. The zero-order valence-electron chi connectivity index (χ0n) is 7.80. The van der Waals surface area contributed by atoms with Gasteiger partial charge in [-0.25, -0.2) is 4.39 Å². The van der Waals surface area contributed by atoms with Crippen LogP contribution in [0, 0.1) is 5.92 Å². The van der Waals surface area contributed by atoms with Gasteiger partial charge in [0.1, 0.15) is 6.17 Å². The number of alkyl halides is 1. The van der Waals surface area contributed by atoms with Gasteiger partial charge in [0.2, 0.25) is 0 Å². The molecule has 0 amide bonds. The molecule has 1 aromatic rings. The van der Waals surface area contributed by atoms with Crippen molar-refractivity contribution in [2.24, 2.45) is 5.92 Å². The highest BCUT2D eigenvalue weighted by molar-refractivity contribution is 7.16.